The highest BCUT2D eigenvalue weighted by Crippen LogP contribution is 2.20. The SMILES string of the molecule is CCc1cc(C(=O)N2CCCCC2C)cc(N)n1. The van der Waals surface area contributed by atoms with Crippen LogP contribution in [-0.4, -0.2) is 28.4 Å². The Kier molecular flexibility index (Phi) is 3.84. The molecule has 1 fully saturated rings. The molecular formula is C14H21N3O. The van der Waals surface area contributed by atoms with E-state index in [0.717, 1.165) is 31.5 Å². The number of nitrogen functional groups attached to an aromatic ring is 1. The minimum atomic E-state index is 0.0889. The van der Waals surface area contributed by atoms with Crippen LogP contribution in [0.3, 0.4) is 0 Å². The summed E-state index contributed by atoms with van der Waals surface area (Å²) in [4.78, 5) is 18.6. The third-order valence-corrected chi connectivity index (χ3v) is 3.57. The van der Waals surface area contributed by atoms with E-state index >= 15 is 0 Å². The number of pyridine rings is 1. The average molecular weight is 247 g/mol. The van der Waals surface area contributed by atoms with E-state index in [0.29, 0.717) is 17.4 Å². The molecule has 1 unspecified atom stereocenters. The number of aromatic nitrogens is 1. The minimum Gasteiger partial charge on any atom is -0.384 e. The van der Waals surface area contributed by atoms with Gasteiger partial charge in [0.05, 0.1) is 0 Å². The monoisotopic (exact) mass is 247 g/mol. The molecule has 1 amide bonds. The summed E-state index contributed by atoms with van der Waals surface area (Å²) in [5.41, 5.74) is 7.31. The summed E-state index contributed by atoms with van der Waals surface area (Å²) in [6.45, 7) is 4.98. The highest BCUT2D eigenvalue weighted by Gasteiger charge is 2.24. The summed E-state index contributed by atoms with van der Waals surface area (Å²) in [5, 5.41) is 0. The Balaban J connectivity index is 2.24. The van der Waals surface area contributed by atoms with E-state index < -0.39 is 0 Å². The summed E-state index contributed by atoms with van der Waals surface area (Å²) in [5.74, 6) is 0.522. The van der Waals surface area contributed by atoms with Crippen molar-refractivity contribution in [3.05, 3.63) is 23.4 Å². The first kappa shape index (κ1) is 12.9. The number of likely N-dealkylation sites (tertiary alicyclic amines) is 1. The molecule has 4 nitrogen and oxygen atoms in total. The average Bonchev–Trinajstić information content (AvgIpc) is 2.37. The second-order valence-electron chi connectivity index (χ2n) is 4.97. The van der Waals surface area contributed by atoms with E-state index in [2.05, 4.69) is 11.9 Å². The molecule has 0 spiro atoms. The van der Waals surface area contributed by atoms with E-state index in [1.54, 1.807) is 6.07 Å². The van der Waals surface area contributed by atoms with E-state index in [1.165, 1.54) is 6.42 Å². The Bertz CT molecular complexity index is 445. The second-order valence-corrected chi connectivity index (χ2v) is 4.97. The summed E-state index contributed by atoms with van der Waals surface area (Å²) < 4.78 is 0. The summed E-state index contributed by atoms with van der Waals surface area (Å²) >= 11 is 0. The van der Waals surface area contributed by atoms with Crippen molar-refractivity contribution in [3.8, 4) is 0 Å². The number of nitrogens with two attached hydrogens (primary N) is 1. The maximum absolute atomic E-state index is 12.5. The molecule has 0 saturated carbocycles. The number of aryl methyl sites for hydroxylation is 1. The van der Waals surface area contributed by atoms with Crippen molar-refractivity contribution in [2.45, 2.75) is 45.6 Å². The van der Waals surface area contributed by atoms with Crippen LogP contribution in [0.1, 0.15) is 49.2 Å². The van der Waals surface area contributed by atoms with Crippen LogP contribution >= 0.6 is 0 Å². The molecule has 1 saturated heterocycles. The molecule has 1 atom stereocenters. The smallest absolute Gasteiger partial charge is 0.254 e. The summed E-state index contributed by atoms with van der Waals surface area (Å²) in [7, 11) is 0. The van der Waals surface area contributed by atoms with E-state index in [-0.39, 0.29) is 5.91 Å². The van der Waals surface area contributed by atoms with Gasteiger partial charge in [0.25, 0.3) is 5.91 Å². The first-order valence-corrected chi connectivity index (χ1v) is 6.69. The van der Waals surface area contributed by atoms with Crippen molar-refractivity contribution < 1.29 is 4.79 Å². The Morgan fingerprint density at radius 3 is 2.94 bits per heavy atom. The number of carbonyl (C=O) groups excluding carboxylic acids is 1. The summed E-state index contributed by atoms with van der Waals surface area (Å²) in [6.07, 6.45) is 4.19. The zero-order chi connectivity index (χ0) is 13.1. The molecule has 4 heteroatoms. The Morgan fingerprint density at radius 2 is 2.28 bits per heavy atom. The highest BCUT2D eigenvalue weighted by atomic mass is 16.2. The quantitative estimate of drug-likeness (QED) is 0.872. The van der Waals surface area contributed by atoms with Crippen LogP contribution in [0.4, 0.5) is 5.82 Å². The maximum atomic E-state index is 12.5. The number of hydrogen-bond acceptors (Lipinski definition) is 3. The van der Waals surface area contributed by atoms with Crippen molar-refractivity contribution in [1.29, 1.82) is 0 Å². The van der Waals surface area contributed by atoms with Gasteiger partial charge in [-0.05, 0) is 44.7 Å². The van der Waals surface area contributed by atoms with Gasteiger partial charge in [-0.1, -0.05) is 6.92 Å². The van der Waals surface area contributed by atoms with Gasteiger partial charge in [0.15, 0.2) is 0 Å². The van der Waals surface area contributed by atoms with Gasteiger partial charge in [-0.3, -0.25) is 4.79 Å². The lowest BCUT2D eigenvalue weighted by atomic mass is 10.0. The van der Waals surface area contributed by atoms with Gasteiger partial charge >= 0.3 is 0 Å². The van der Waals surface area contributed by atoms with Crippen molar-refractivity contribution in [1.82, 2.24) is 9.88 Å². The number of piperidine rings is 1. The van der Waals surface area contributed by atoms with Gasteiger partial charge in [0.1, 0.15) is 5.82 Å². The fourth-order valence-electron chi connectivity index (χ4n) is 2.48. The van der Waals surface area contributed by atoms with Gasteiger partial charge in [0, 0.05) is 23.8 Å². The van der Waals surface area contributed by atoms with Gasteiger partial charge in [0.2, 0.25) is 0 Å². The topological polar surface area (TPSA) is 59.2 Å². The molecule has 0 bridgehead atoms. The maximum Gasteiger partial charge on any atom is 0.254 e. The molecule has 0 aliphatic carbocycles. The van der Waals surface area contributed by atoms with Gasteiger partial charge in [-0.2, -0.15) is 0 Å². The second kappa shape index (κ2) is 5.38. The van der Waals surface area contributed by atoms with Crippen LogP contribution in [0.5, 0.6) is 0 Å². The molecule has 1 aromatic rings. The number of hydrogen-bond donors (Lipinski definition) is 1. The number of carbonyl (C=O) groups is 1. The highest BCUT2D eigenvalue weighted by molar-refractivity contribution is 5.95. The zero-order valence-corrected chi connectivity index (χ0v) is 11.1. The zero-order valence-electron chi connectivity index (χ0n) is 11.1. The number of rotatable bonds is 2. The minimum absolute atomic E-state index is 0.0889. The van der Waals surface area contributed by atoms with Gasteiger partial charge in [-0.25, -0.2) is 4.98 Å². The van der Waals surface area contributed by atoms with Crippen LogP contribution in [0.15, 0.2) is 12.1 Å². The predicted molar refractivity (Wildman–Crippen MR) is 72.4 cm³/mol. The number of anilines is 1. The Morgan fingerprint density at radius 1 is 1.50 bits per heavy atom. The standard InChI is InChI=1S/C14H21N3O/c1-3-12-8-11(9-13(15)16-12)14(18)17-7-5-4-6-10(17)2/h8-10H,3-7H2,1-2H3,(H2,15,16). The third kappa shape index (κ3) is 2.63. The first-order valence-electron chi connectivity index (χ1n) is 6.69. The van der Waals surface area contributed by atoms with Gasteiger partial charge in [-0.15, -0.1) is 0 Å². The Labute approximate surface area is 108 Å². The normalized spacial score (nSPS) is 19.9. The van der Waals surface area contributed by atoms with Crippen molar-refractivity contribution in [3.63, 3.8) is 0 Å². The fraction of sp³-hybridized carbons (Fsp3) is 0.571. The molecule has 0 aromatic carbocycles. The molecule has 2 N–H and O–H groups in total. The van der Waals surface area contributed by atoms with Crippen LogP contribution in [-0.2, 0) is 6.42 Å². The van der Waals surface area contributed by atoms with Crippen molar-refractivity contribution in [2.75, 3.05) is 12.3 Å². The fourth-order valence-corrected chi connectivity index (χ4v) is 2.48. The van der Waals surface area contributed by atoms with Crippen molar-refractivity contribution in [2.24, 2.45) is 0 Å². The lowest BCUT2D eigenvalue weighted by Gasteiger charge is -2.33. The lowest BCUT2D eigenvalue weighted by Crippen LogP contribution is -2.42. The molecule has 98 valence electrons. The van der Waals surface area contributed by atoms with Crippen molar-refractivity contribution >= 4 is 11.7 Å². The van der Waals surface area contributed by atoms with E-state index in [4.69, 9.17) is 5.73 Å². The molecule has 1 aliphatic heterocycles. The number of nitrogens with zero attached hydrogens (tertiary/aromatic N) is 2. The van der Waals surface area contributed by atoms with Crippen LogP contribution < -0.4 is 5.73 Å². The van der Waals surface area contributed by atoms with Crippen LogP contribution in [0.2, 0.25) is 0 Å². The largest absolute Gasteiger partial charge is 0.384 e. The van der Waals surface area contributed by atoms with E-state index in [1.807, 2.05) is 17.9 Å². The molecule has 2 rings (SSSR count). The van der Waals surface area contributed by atoms with Gasteiger partial charge < -0.3 is 10.6 Å². The molecule has 1 aromatic heterocycles. The van der Waals surface area contributed by atoms with Crippen LogP contribution in [0, 0.1) is 0 Å². The number of amides is 1. The van der Waals surface area contributed by atoms with E-state index in [9.17, 15) is 4.79 Å². The summed E-state index contributed by atoms with van der Waals surface area (Å²) in [6, 6.07) is 3.87. The molecular weight excluding hydrogens is 226 g/mol. The van der Waals surface area contributed by atoms with Crippen LogP contribution in [0.25, 0.3) is 0 Å². The molecule has 18 heavy (non-hydrogen) atoms. The molecule has 1 aliphatic rings. The first-order chi connectivity index (χ1) is 8.61. The molecule has 2 heterocycles. The third-order valence-electron chi connectivity index (χ3n) is 3.57. The molecule has 0 radical (unpaired) electrons. The predicted octanol–water partition coefficient (Wildman–Crippen LogP) is 2.24. The lowest BCUT2D eigenvalue weighted by molar-refractivity contribution is 0.0635. The Hall–Kier alpha value is -1.58.